The molecule has 4 aromatic rings. The largest absolute Gasteiger partial charge is 0.465 e. The van der Waals surface area contributed by atoms with Crippen LogP contribution in [0.5, 0.6) is 0 Å². The van der Waals surface area contributed by atoms with E-state index in [0.717, 1.165) is 11.3 Å². The van der Waals surface area contributed by atoms with Crippen LogP contribution < -0.4 is 11.2 Å². The van der Waals surface area contributed by atoms with Crippen molar-refractivity contribution in [1.82, 2.24) is 23.1 Å². The van der Waals surface area contributed by atoms with Gasteiger partial charge in [0.25, 0.3) is 5.56 Å². The lowest BCUT2D eigenvalue weighted by Gasteiger charge is -2.08. The Morgan fingerprint density at radius 3 is 2.55 bits per heavy atom. The highest BCUT2D eigenvalue weighted by Crippen LogP contribution is 2.16. The molecule has 9 nitrogen and oxygen atoms in total. The van der Waals surface area contributed by atoms with Gasteiger partial charge >= 0.3 is 11.7 Å². The molecule has 0 unspecified atom stereocenters. The number of nitrogens with zero attached hydrogens (tertiary/aromatic N) is 5. The quantitative estimate of drug-likeness (QED) is 0.471. The summed E-state index contributed by atoms with van der Waals surface area (Å²) in [6.45, 7) is 3.99. The lowest BCUT2D eigenvalue weighted by molar-refractivity contribution is -0.143. The van der Waals surface area contributed by atoms with E-state index in [4.69, 9.17) is 4.74 Å². The van der Waals surface area contributed by atoms with Crippen molar-refractivity contribution in [3.8, 4) is 0 Å². The van der Waals surface area contributed by atoms with Crippen LogP contribution in [-0.2, 0) is 29.7 Å². The minimum Gasteiger partial charge on any atom is -0.465 e. The summed E-state index contributed by atoms with van der Waals surface area (Å²) in [5.74, 6) is 0.0197. The van der Waals surface area contributed by atoms with Crippen LogP contribution in [0.1, 0.15) is 18.2 Å². The van der Waals surface area contributed by atoms with Gasteiger partial charge in [-0.05, 0) is 19.4 Å². The van der Waals surface area contributed by atoms with Crippen molar-refractivity contribution >= 4 is 22.9 Å². The Morgan fingerprint density at radius 1 is 1.14 bits per heavy atom. The number of aryl methyl sites for hydroxylation is 2. The molecule has 0 saturated heterocycles. The lowest BCUT2D eigenvalue weighted by Crippen LogP contribution is -2.39. The normalized spacial score (nSPS) is 11.4. The number of fused-ring (bicyclic) bond motifs is 3. The number of carbonyl (C=O) groups is 1. The molecule has 0 atom stereocenters. The summed E-state index contributed by atoms with van der Waals surface area (Å²) in [4.78, 5) is 42.5. The van der Waals surface area contributed by atoms with E-state index in [-0.39, 0.29) is 25.3 Å². The fourth-order valence-corrected chi connectivity index (χ4v) is 3.49. The number of rotatable bonds is 5. The Kier molecular flexibility index (Phi) is 4.57. The van der Waals surface area contributed by atoms with Gasteiger partial charge in [-0.3, -0.25) is 23.1 Å². The lowest BCUT2D eigenvalue weighted by atomic mass is 10.2. The highest BCUT2D eigenvalue weighted by molar-refractivity contribution is 5.77. The molecule has 150 valence electrons. The van der Waals surface area contributed by atoms with Crippen LogP contribution in [0.15, 0.2) is 46.1 Å². The second-order valence-corrected chi connectivity index (χ2v) is 6.83. The molecule has 0 spiro atoms. The van der Waals surface area contributed by atoms with Crippen molar-refractivity contribution in [2.75, 3.05) is 6.61 Å². The second-order valence-electron chi connectivity index (χ2n) is 6.83. The first-order valence-electron chi connectivity index (χ1n) is 9.29. The van der Waals surface area contributed by atoms with Gasteiger partial charge < -0.3 is 9.30 Å². The van der Waals surface area contributed by atoms with Crippen LogP contribution in [0.25, 0.3) is 16.9 Å². The molecule has 0 N–H and O–H groups in total. The summed E-state index contributed by atoms with van der Waals surface area (Å²) in [7, 11) is 1.58. The number of aromatic nitrogens is 5. The SMILES string of the molecule is CCOC(=O)Cn1c(C)cn2c3c(=O)n(Cc4ccccc4)c(=O)n(C)c3nc12. The van der Waals surface area contributed by atoms with E-state index in [9.17, 15) is 14.4 Å². The molecule has 3 aromatic heterocycles. The number of carbonyl (C=O) groups excluding carboxylic acids is 1. The summed E-state index contributed by atoms with van der Waals surface area (Å²) in [6.07, 6.45) is 1.74. The van der Waals surface area contributed by atoms with E-state index in [0.29, 0.717) is 11.3 Å². The third-order valence-corrected chi connectivity index (χ3v) is 4.92. The standard InChI is InChI=1S/C20H21N5O4/c1-4-29-15(26)12-23-13(2)10-24-16-17(21-19(23)24)22(3)20(28)25(18(16)27)11-14-8-6-5-7-9-14/h5-10H,4,11-12H2,1-3H3. The summed E-state index contributed by atoms with van der Waals surface area (Å²) >= 11 is 0. The highest BCUT2D eigenvalue weighted by Gasteiger charge is 2.21. The maximum absolute atomic E-state index is 13.2. The van der Waals surface area contributed by atoms with Crippen LogP contribution in [0.3, 0.4) is 0 Å². The molecule has 0 aliphatic heterocycles. The molecule has 1 aromatic carbocycles. The second kappa shape index (κ2) is 7.08. The molecule has 0 fully saturated rings. The van der Waals surface area contributed by atoms with Gasteiger partial charge in [0.2, 0.25) is 5.78 Å². The van der Waals surface area contributed by atoms with Gasteiger partial charge in [-0.25, -0.2) is 4.79 Å². The number of hydrogen-bond acceptors (Lipinski definition) is 5. The first-order valence-corrected chi connectivity index (χ1v) is 9.29. The van der Waals surface area contributed by atoms with E-state index in [1.807, 2.05) is 37.3 Å². The van der Waals surface area contributed by atoms with Crippen LogP contribution in [-0.4, -0.2) is 35.7 Å². The van der Waals surface area contributed by atoms with Crippen molar-refractivity contribution in [2.24, 2.45) is 7.05 Å². The maximum atomic E-state index is 13.2. The molecule has 4 rings (SSSR count). The molecule has 0 aliphatic carbocycles. The summed E-state index contributed by atoms with van der Waals surface area (Å²) < 4.78 is 10.9. The predicted octanol–water partition coefficient (Wildman–Crippen LogP) is 1.07. The van der Waals surface area contributed by atoms with Crippen molar-refractivity contribution in [2.45, 2.75) is 26.9 Å². The van der Waals surface area contributed by atoms with Crippen LogP contribution >= 0.6 is 0 Å². The smallest absolute Gasteiger partial charge is 0.332 e. The first kappa shape index (κ1) is 18.7. The maximum Gasteiger partial charge on any atom is 0.332 e. The number of benzene rings is 1. The Labute approximate surface area is 165 Å². The molecule has 0 radical (unpaired) electrons. The molecule has 0 amide bonds. The van der Waals surface area contributed by atoms with Gasteiger partial charge in [-0.1, -0.05) is 30.3 Å². The summed E-state index contributed by atoms with van der Waals surface area (Å²) in [6, 6.07) is 9.33. The van der Waals surface area contributed by atoms with E-state index >= 15 is 0 Å². The minimum absolute atomic E-state index is 0.0222. The van der Waals surface area contributed by atoms with Gasteiger partial charge in [0, 0.05) is 18.9 Å². The monoisotopic (exact) mass is 395 g/mol. The van der Waals surface area contributed by atoms with E-state index in [2.05, 4.69) is 4.98 Å². The number of imidazole rings is 2. The average Bonchev–Trinajstić information content (AvgIpc) is 3.21. The van der Waals surface area contributed by atoms with Gasteiger partial charge in [0.05, 0.1) is 13.2 Å². The van der Waals surface area contributed by atoms with Crippen LogP contribution in [0.2, 0.25) is 0 Å². The van der Waals surface area contributed by atoms with Crippen LogP contribution in [0, 0.1) is 6.92 Å². The van der Waals surface area contributed by atoms with Crippen molar-refractivity contribution in [3.05, 3.63) is 68.6 Å². The zero-order valence-electron chi connectivity index (χ0n) is 16.5. The van der Waals surface area contributed by atoms with Crippen molar-refractivity contribution < 1.29 is 9.53 Å². The fraction of sp³-hybridized carbons (Fsp3) is 0.300. The molecule has 3 heterocycles. The minimum atomic E-state index is -0.444. The Morgan fingerprint density at radius 2 is 1.86 bits per heavy atom. The Hall–Kier alpha value is -3.62. The number of ether oxygens (including phenoxy) is 1. The molecule has 0 aliphatic rings. The Bertz CT molecular complexity index is 1340. The first-order chi connectivity index (χ1) is 13.9. The van der Waals surface area contributed by atoms with E-state index < -0.39 is 17.2 Å². The van der Waals surface area contributed by atoms with E-state index in [1.54, 1.807) is 29.1 Å². The van der Waals surface area contributed by atoms with Gasteiger partial charge in [-0.15, -0.1) is 0 Å². The number of hydrogen-bond donors (Lipinski definition) is 0. The predicted molar refractivity (Wildman–Crippen MR) is 107 cm³/mol. The average molecular weight is 395 g/mol. The molecule has 0 bridgehead atoms. The van der Waals surface area contributed by atoms with Crippen LogP contribution in [0.4, 0.5) is 0 Å². The summed E-state index contributed by atoms with van der Waals surface area (Å²) in [5, 5.41) is 0. The molecular formula is C20H21N5O4. The molecule has 9 heteroatoms. The molecule has 0 saturated carbocycles. The van der Waals surface area contributed by atoms with Gasteiger partial charge in [-0.2, -0.15) is 4.98 Å². The molecule has 29 heavy (non-hydrogen) atoms. The van der Waals surface area contributed by atoms with Crippen molar-refractivity contribution in [1.29, 1.82) is 0 Å². The zero-order valence-corrected chi connectivity index (χ0v) is 16.5. The number of esters is 1. The zero-order chi connectivity index (χ0) is 20.7. The topological polar surface area (TPSA) is 92.5 Å². The third kappa shape index (κ3) is 3.04. The molecular weight excluding hydrogens is 374 g/mol. The van der Waals surface area contributed by atoms with Crippen molar-refractivity contribution in [3.63, 3.8) is 0 Å². The van der Waals surface area contributed by atoms with Gasteiger partial charge in [0.1, 0.15) is 6.54 Å². The third-order valence-electron chi connectivity index (χ3n) is 4.92. The summed E-state index contributed by atoms with van der Waals surface area (Å²) in [5.41, 5.74) is 1.31. The van der Waals surface area contributed by atoms with E-state index in [1.165, 1.54) is 9.13 Å². The highest BCUT2D eigenvalue weighted by atomic mass is 16.5. The van der Waals surface area contributed by atoms with Gasteiger partial charge in [0.15, 0.2) is 11.2 Å². The fourth-order valence-electron chi connectivity index (χ4n) is 3.49. The Balaban J connectivity index is 1.94.